The largest absolute Gasteiger partial charge is 0.497 e. The van der Waals surface area contributed by atoms with Crippen LogP contribution in [0.2, 0.25) is 0 Å². The van der Waals surface area contributed by atoms with Crippen LogP contribution in [-0.2, 0) is 11.3 Å². The average Bonchev–Trinajstić information content (AvgIpc) is 3.36. The first-order valence-electron chi connectivity index (χ1n) is 11.9. The topological polar surface area (TPSA) is 110 Å². The smallest absolute Gasteiger partial charge is 0.253 e. The number of piperidine rings is 1. The predicted molar refractivity (Wildman–Crippen MR) is 132 cm³/mol. The van der Waals surface area contributed by atoms with E-state index in [1.54, 1.807) is 25.3 Å². The Balaban J connectivity index is 1.36. The molecule has 9 heteroatoms. The van der Waals surface area contributed by atoms with E-state index >= 15 is 0 Å². The summed E-state index contributed by atoms with van der Waals surface area (Å²) in [7, 11) is 1.62. The van der Waals surface area contributed by atoms with E-state index in [9.17, 15) is 9.59 Å². The van der Waals surface area contributed by atoms with Crippen molar-refractivity contribution in [3.05, 3.63) is 60.0 Å². The van der Waals surface area contributed by atoms with Gasteiger partial charge in [-0.15, -0.1) is 0 Å². The van der Waals surface area contributed by atoms with Crippen LogP contribution < -0.4 is 15.4 Å². The molecule has 1 aliphatic rings. The fraction of sp³-hybridized carbons (Fsp3) is 0.385. The van der Waals surface area contributed by atoms with E-state index in [-0.39, 0.29) is 17.7 Å². The third kappa shape index (κ3) is 6.24. The Bertz CT molecular complexity index is 1140. The molecule has 4 rings (SSSR count). The maximum absolute atomic E-state index is 13.1. The molecule has 0 aliphatic carbocycles. The van der Waals surface area contributed by atoms with Gasteiger partial charge in [-0.25, -0.2) is 0 Å². The molecule has 2 heterocycles. The normalized spacial score (nSPS) is 16.0. The number of hydrogen-bond donors (Lipinski definition) is 2. The highest BCUT2D eigenvalue weighted by molar-refractivity contribution is 6.04. The first kappa shape index (κ1) is 24.4. The van der Waals surface area contributed by atoms with E-state index in [1.807, 2.05) is 37.3 Å². The molecule has 1 unspecified atom stereocenters. The summed E-state index contributed by atoms with van der Waals surface area (Å²) >= 11 is 0. The van der Waals surface area contributed by atoms with Gasteiger partial charge in [0.2, 0.25) is 17.6 Å². The van der Waals surface area contributed by atoms with E-state index < -0.39 is 0 Å². The standard InChI is InChI=1S/C26H31N5O4/c1-3-14-27-26(33)21-8-4-5-9-22(21)28-25(32)19-7-6-15-31(16-19)17-23-29-24(30-35-23)18-10-12-20(34-2)13-11-18/h4-5,8-13,19H,3,6-7,14-17H2,1-2H3,(H,27,33)(H,28,32). The highest BCUT2D eigenvalue weighted by Crippen LogP contribution is 2.24. The summed E-state index contributed by atoms with van der Waals surface area (Å²) in [4.78, 5) is 32.2. The van der Waals surface area contributed by atoms with Crippen molar-refractivity contribution in [2.24, 2.45) is 5.92 Å². The van der Waals surface area contributed by atoms with Gasteiger partial charge in [0.25, 0.3) is 5.91 Å². The number of likely N-dealkylation sites (tertiary alicyclic amines) is 1. The van der Waals surface area contributed by atoms with Gasteiger partial charge in [-0.3, -0.25) is 14.5 Å². The molecule has 0 spiro atoms. The number of para-hydroxylation sites is 1. The third-order valence-corrected chi connectivity index (χ3v) is 6.02. The minimum Gasteiger partial charge on any atom is -0.497 e. The van der Waals surface area contributed by atoms with E-state index in [2.05, 4.69) is 25.7 Å². The molecular weight excluding hydrogens is 446 g/mol. The Hall–Kier alpha value is -3.72. The molecule has 1 aromatic heterocycles. The van der Waals surface area contributed by atoms with Crippen molar-refractivity contribution >= 4 is 17.5 Å². The first-order valence-corrected chi connectivity index (χ1v) is 11.9. The fourth-order valence-corrected chi connectivity index (χ4v) is 4.14. The van der Waals surface area contributed by atoms with E-state index in [1.165, 1.54) is 0 Å². The number of nitrogens with zero attached hydrogens (tertiary/aromatic N) is 3. The van der Waals surface area contributed by atoms with Crippen LogP contribution >= 0.6 is 0 Å². The fourth-order valence-electron chi connectivity index (χ4n) is 4.14. The number of carbonyl (C=O) groups is 2. The molecule has 1 atom stereocenters. The Morgan fingerprint density at radius 3 is 2.74 bits per heavy atom. The van der Waals surface area contributed by atoms with Crippen LogP contribution in [0, 0.1) is 5.92 Å². The van der Waals surface area contributed by atoms with Gasteiger partial charge in [-0.2, -0.15) is 4.98 Å². The molecule has 2 aromatic carbocycles. The van der Waals surface area contributed by atoms with Gasteiger partial charge in [0.05, 0.1) is 30.8 Å². The number of amides is 2. The number of ether oxygens (including phenoxy) is 1. The number of hydrogen-bond acceptors (Lipinski definition) is 7. The van der Waals surface area contributed by atoms with Crippen LogP contribution in [0.1, 0.15) is 42.4 Å². The maximum atomic E-state index is 13.1. The lowest BCUT2D eigenvalue weighted by atomic mass is 9.96. The minimum atomic E-state index is -0.195. The summed E-state index contributed by atoms with van der Waals surface area (Å²) in [5.41, 5.74) is 1.85. The van der Waals surface area contributed by atoms with Crippen molar-refractivity contribution in [2.75, 3.05) is 32.1 Å². The third-order valence-electron chi connectivity index (χ3n) is 6.02. The molecular formula is C26H31N5O4. The van der Waals surface area contributed by atoms with Crippen molar-refractivity contribution in [3.63, 3.8) is 0 Å². The number of nitrogens with one attached hydrogen (secondary N) is 2. The summed E-state index contributed by atoms with van der Waals surface area (Å²) in [5.74, 6) is 1.33. The predicted octanol–water partition coefficient (Wildman–Crippen LogP) is 3.74. The monoisotopic (exact) mass is 477 g/mol. The van der Waals surface area contributed by atoms with Crippen LogP contribution in [-0.4, -0.2) is 53.6 Å². The van der Waals surface area contributed by atoms with Crippen LogP contribution in [0.15, 0.2) is 53.1 Å². The molecule has 184 valence electrons. The Morgan fingerprint density at radius 1 is 1.17 bits per heavy atom. The average molecular weight is 478 g/mol. The molecule has 0 bridgehead atoms. The number of rotatable bonds is 9. The van der Waals surface area contributed by atoms with Gasteiger partial charge < -0.3 is 19.9 Å². The molecule has 9 nitrogen and oxygen atoms in total. The number of benzene rings is 2. The second-order valence-electron chi connectivity index (χ2n) is 8.61. The lowest BCUT2D eigenvalue weighted by molar-refractivity contribution is -0.121. The molecule has 2 N–H and O–H groups in total. The zero-order valence-electron chi connectivity index (χ0n) is 20.1. The SMILES string of the molecule is CCCNC(=O)c1ccccc1NC(=O)C1CCCN(Cc2nc(-c3ccc(OC)cc3)no2)C1. The highest BCUT2D eigenvalue weighted by Gasteiger charge is 2.28. The zero-order valence-corrected chi connectivity index (χ0v) is 20.1. The Labute approximate surface area is 204 Å². The van der Waals surface area contributed by atoms with Crippen molar-refractivity contribution in [1.82, 2.24) is 20.4 Å². The van der Waals surface area contributed by atoms with Crippen LogP contribution in [0.25, 0.3) is 11.4 Å². The zero-order chi connectivity index (χ0) is 24.6. The Kier molecular flexibility index (Phi) is 8.10. The van der Waals surface area contributed by atoms with E-state index in [4.69, 9.17) is 9.26 Å². The summed E-state index contributed by atoms with van der Waals surface area (Å²) in [5, 5.41) is 9.93. The second kappa shape index (κ2) is 11.6. The minimum absolute atomic E-state index is 0.0881. The maximum Gasteiger partial charge on any atom is 0.253 e. The first-order chi connectivity index (χ1) is 17.1. The van der Waals surface area contributed by atoms with Crippen molar-refractivity contribution in [3.8, 4) is 17.1 Å². The van der Waals surface area contributed by atoms with Crippen LogP contribution in [0.5, 0.6) is 5.75 Å². The molecule has 3 aromatic rings. The van der Waals surface area contributed by atoms with Crippen molar-refractivity contribution in [1.29, 1.82) is 0 Å². The quantitative estimate of drug-likeness (QED) is 0.483. The Morgan fingerprint density at radius 2 is 1.97 bits per heavy atom. The molecule has 35 heavy (non-hydrogen) atoms. The second-order valence-corrected chi connectivity index (χ2v) is 8.61. The van der Waals surface area contributed by atoms with Gasteiger partial charge in [-0.1, -0.05) is 24.2 Å². The van der Waals surface area contributed by atoms with Gasteiger partial charge >= 0.3 is 0 Å². The number of methoxy groups -OCH3 is 1. The number of anilines is 1. The highest BCUT2D eigenvalue weighted by atomic mass is 16.5. The number of aromatic nitrogens is 2. The van der Waals surface area contributed by atoms with Crippen molar-refractivity contribution < 1.29 is 18.8 Å². The van der Waals surface area contributed by atoms with Gasteiger partial charge in [0, 0.05) is 18.7 Å². The lowest BCUT2D eigenvalue weighted by Gasteiger charge is -2.31. The summed E-state index contributed by atoms with van der Waals surface area (Å²) < 4.78 is 10.7. The van der Waals surface area contributed by atoms with E-state index in [0.29, 0.717) is 42.6 Å². The molecule has 2 amide bonds. The van der Waals surface area contributed by atoms with Gasteiger partial charge in [0.1, 0.15) is 5.75 Å². The number of carbonyl (C=O) groups excluding carboxylic acids is 2. The van der Waals surface area contributed by atoms with Crippen LogP contribution in [0.3, 0.4) is 0 Å². The molecule has 1 aliphatic heterocycles. The van der Waals surface area contributed by atoms with Crippen molar-refractivity contribution in [2.45, 2.75) is 32.7 Å². The van der Waals surface area contributed by atoms with Gasteiger partial charge in [0.15, 0.2) is 0 Å². The lowest BCUT2D eigenvalue weighted by Crippen LogP contribution is -2.40. The molecule has 1 saturated heterocycles. The summed E-state index contributed by atoms with van der Waals surface area (Å²) in [6, 6.07) is 14.6. The van der Waals surface area contributed by atoms with E-state index in [0.717, 1.165) is 37.1 Å². The molecule has 0 radical (unpaired) electrons. The molecule has 0 saturated carbocycles. The summed E-state index contributed by atoms with van der Waals surface area (Å²) in [6.07, 6.45) is 2.52. The van der Waals surface area contributed by atoms with Gasteiger partial charge in [-0.05, 0) is 62.2 Å². The summed E-state index contributed by atoms with van der Waals surface area (Å²) in [6.45, 7) is 4.49. The molecule has 1 fully saturated rings. The van der Waals surface area contributed by atoms with Crippen LogP contribution in [0.4, 0.5) is 5.69 Å².